The lowest BCUT2D eigenvalue weighted by molar-refractivity contribution is -0.236. The molecule has 0 spiro atoms. The Morgan fingerprint density at radius 1 is 1.03 bits per heavy atom. The number of hydrogen-bond donors (Lipinski definition) is 6. The number of nitrogens with one attached hydrogen (secondary N) is 2. The van der Waals surface area contributed by atoms with E-state index in [1.807, 2.05) is 30.3 Å². The van der Waals surface area contributed by atoms with Crippen molar-refractivity contribution in [3.8, 4) is 0 Å². The average molecular weight is 412 g/mol. The number of ether oxygens (including phenoxy) is 2. The highest BCUT2D eigenvalue weighted by molar-refractivity contribution is 5.76. The van der Waals surface area contributed by atoms with Gasteiger partial charge in [-0.1, -0.05) is 30.3 Å². The van der Waals surface area contributed by atoms with Gasteiger partial charge in [0.2, 0.25) is 5.91 Å². The molecule has 162 valence electrons. The highest BCUT2D eigenvalue weighted by Crippen LogP contribution is 2.19. The van der Waals surface area contributed by atoms with Crippen molar-refractivity contribution in [3.05, 3.63) is 35.9 Å². The fourth-order valence-corrected chi connectivity index (χ4v) is 2.83. The maximum absolute atomic E-state index is 12.0. The van der Waals surface area contributed by atoms with Crippen LogP contribution in [0.25, 0.3) is 0 Å². The van der Waals surface area contributed by atoms with Crippen molar-refractivity contribution in [1.82, 2.24) is 10.6 Å². The number of alkyl carbamates (subject to hydrolysis) is 1. The van der Waals surface area contributed by atoms with Crippen molar-refractivity contribution in [2.75, 3.05) is 13.2 Å². The van der Waals surface area contributed by atoms with Gasteiger partial charge in [-0.3, -0.25) is 4.79 Å². The van der Waals surface area contributed by atoms with Crippen LogP contribution in [0.5, 0.6) is 0 Å². The molecule has 1 aliphatic rings. The topological polar surface area (TPSA) is 158 Å². The molecule has 1 aromatic rings. The number of carbonyl (C=O) groups is 2. The largest absolute Gasteiger partial charge is 0.445 e. The molecular weight excluding hydrogens is 384 g/mol. The first kappa shape index (κ1) is 23.0. The molecular formula is C19H28N2O8. The first-order valence-electron chi connectivity index (χ1n) is 9.46. The molecule has 2 amide bonds. The molecule has 10 nitrogen and oxygen atoms in total. The Labute approximate surface area is 168 Å². The molecule has 0 radical (unpaired) electrons. The number of unbranched alkanes of at least 4 members (excludes halogenated alkanes) is 1. The Morgan fingerprint density at radius 3 is 2.45 bits per heavy atom. The van der Waals surface area contributed by atoms with E-state index in [1.54, 1.807) is 0 Å². The summed E-state index contributed by atoms with van der Waals surface area (Å²) in [6.45, 7) is -0.0571. The molecule has 10 heteroatoms. The predicted octanol–water partition coefficient (Wildman–Crippen LogP) is -1.00. The van der Waals surface area contributed by atoms with Crippen molar-refractivity contribution >= 4 is 12.0 Å². The Balaban J connectivity index is 1.59. The minimum Gasteiger partial charge on any atom is -0.445 e. The van der Waals surface area contributed by atoms with Gasteiger partial charge in [0, 0.05) is 13.0 Å². The Kier molecular flexibility index (Phi) is 9.29. The second-order valence-electron chi connectivity index (χ2n) is 6.76. The van der Waals surface area contributed by atoms with E-state index >= 15 is 0 Å². The van der Waals surface area contributed by atoms with Gasteiger partial charge in [0.15, 0.2) is 6.23 Å². The van der Waals surface area contributed by atoms with Crippen LogP contribution in [-0.2, 0) is 20.9 Å². The van der Waals surface area contributed by atoms with Gasteiger partial charge >= 0.3 is 6.09 Å². The van der Waals surface area contributed by atoms with Crippen LogP contribution in [0.3, 0.4) is 0 Å². The molecule has 0 bridgehead atoms. The molecule has 0 unspecified atom stereocenters. The van der Waals surface area contributed by atoms with Crippen LogP contribution in [0.1, 0.15) is 24.8 Å². The molecule has 6 N–H and O–H groups in total. The van der Waals surface area contributed by atoms with Crippen molar-refractivity contribution in [3.63, 3.8) is 0 Å². The Hall–Kier alpha value is -2.24. The summed E-state index contributed by atoms with van der Waals surface area (Å²) in [4.78, 5) is 23.6. The monoisotopic (exact) mass is 412 g/mol. The van der Waals surface area contributed by atoms with E-state index < -0.39 is 49.3 Å². The standard InChI is InChI=1S/C19H28N2O8/c22-10-13-15(24)16(25)17(26)18(29-13)21-14(23)8-4-5-9-20-19(27)28-11-12-6-2-1-3-7-12/h1-3,6-7,13,15-18,22,24-26H,4-5,8-11H2,(H,20,27)(H,21,23)/t13-,15-,16+,17+,18-/m1/s1. The lowest BCUT2D eigenvalue weighted by Crippen LogP contribution is -2.63. The second-order valence-corrected chi connectivity index (χ2v) is 6.76. The van der Waals surface area contributed by atoms with Gasteiger partial charge in [0.05, 0.1) is 6.61 Å². The van der Waals surface area contributed by atoms with Crippen LogP contribution in [0.15, 0.2) is 30.3 Å². The lowest BCUT2D eigenvalue weighted by atomic mass is 9.98. The molecule has 2 rings (SSSR count). The normalized spacial score (nSPS) is 26.6. The Bertz CT molecular complexity index is 642. The van der Waals surface area contributed by atoms with E-state index in [-0.39, 0.29) is 13.0 Å². The van der Waals surface area contributed by atoms with Gasteiger partial charge < -0.3 is 40.5 Å². The zero-order valence-corrected chi connectivity index (χ0v) is 15.9. The van der Waals surface area contributed by atoms with Gasteiger partial charge in [-0.2, -0.15) is 0 Å². The van der Waals surface area contributed by atoms with Crippen molar-refractivity contribution < 1.29 is 39.5 Å². The summed E-state index contributed by atoms with van der Waals surface area (Å²) in [7, 11) is 0. The quantitative estimate of drug-likeness (QED) is 0.282. The molecule has 1 aromatic carbocycles. The van der Waals surface area contributed by atoms with Gasteiger partial charge in [0.25, 0.3) is 0 Å². The summed E-state index contributed by atoms with van der Waals surface area (Å²) in [6.07, 6.45) is -6.29. The van der Waals surface area contributed by atoms with E-state index in [4.69, 9.17) is 14.6 Å². The summed E-state index contributed by atoms with van der Waals surface area (Å²) in [6, 6.07) is 9.28. The summed E-state index contributed by atoms with van der Waals surface area (Å²) >= 11 is 0. The number of aliphatic hydroxyl groups excluding tert-OH is 4. The molecule has 29 heavy (non-hydrogen) atoms. The highest BCUT2D eigenvalue weighted by atomic mass is 16.6. The third-order valence-electron chi connectivity index (χ3n) is 4.51. The fraction of sp³-hybridized carbons (Fsp3) is 0.579. The second kappa shape index (κ2) is 11.7. The summed E-state index contributed by atoms with van der Waals surface area (Å²) in [5.41, 5.74) is 0.882. The third kappa shape index (κ3) is 7.26. The van der Waals surface area contributed by atoms with E-state index in [9.17, 15) is 24.9 Å². The third-order valence-corrected chi connectivity index (χ3v) is 4.51. The minimum atomic E-state index is -1.54. The summed E-state index contributed by atoms with van der Waals surface area (Å²) in [5, 5.41) is 43.4. The maximum atomic E-state index is 12.0. The van der Waals surface area contributed by atoms with Gasteiger partial charge in [-0.25, -0.2) is 4.79 Å². The SMILES string of the molecule is O=C(CCCCNC(=O)OCc1ccccc1)N[C@@H]1O[C@H](CO)[C@@H](O)[C@H](O)[C@@H]1O. The van der Waals surface area contributed by atoms with E-state index in [1.165, 1.54) is 0 Å². The lowest BCUT2D eigenvalue weighted by Gasteiger charge is -2.40. The number of hydrogen-bond acceptors (Lipinski definition) is 8. The van der Waals surface area contributed by atoms with Crippen LogP contribution in [-0.4, -0.2) is 76.2 Å². The first-order chi connectivity index (χ1) is 13.9. The molecule has 0 aromatic heterocycles. The number of amides is 2. The van der Waals surface area contributed by atoms with Crippen molar-refractivity contribution in [2.45, 2.75) is 56.5 Å². The number of benzene rings is 1. The fourth-order valence-electron chi connectivity index (χ4n) is 2.83. The predicted molar refractivity (Wildman–Crippen MR) is 100 cm³/mol. The van der Waals surface area contributed by atoms with Gasteiger partial charge in [-0.15, -0.1) is 0 Å². The number of rotatable bonds is 9. The van der Waals surface area contributed by atoms with Crippen LogP contribution < -0.4 is 10.6 Å². The minimum absolute atomic E-state index is 0.107. The van der Waals surface area contributed by atoms with Crippen molar-refractivity contribution in [1.29, 1.82) is 0 Å². The van der Waals surface area contributed by atoms with Crippen molar-refractivity contribution in [2.24, 2.45) is 0 Å². The zero-order chi connectivity index (χ0) is 21.2. The molecule has 1 fully saturated rings. The highest BCUT2D eigenvalue weighted by Gasteiger charge is 2.43. The molecule has 1 saturated heterocycles. The molecule has 1 heterocycles. The average Bonchev–Trinajstić information content (AvgIpc) is 2.73. The number of aliphatic hydroxyl groups is 4. The van der Waals surface area contributed by atoms with Crippen LogP contribution in [0.4, 0.5) is 4.79 Å². The molecule has 0 saturated carbocycles. The molecule has 5 atom stereocenters. The van der Waals surface area contributed by atoms with E-state index in [2.05, 4.69) is 10.6 Å². The van der Waals surface area contributed by atoms with Gasteiger partial charge in [0.1, 0.15) is 31.0 Å². The zero-order valence-electron chi connectivity index (χ0n) is 15.9. The Morgan fingerprint density at radius 2 is 1.76 bits per heavy atom. The number of carbonyl (C=O) groups excluding carboxylic acids is 2. The van der Waals surface area contributed by atoms with Crippen LogP contribution in [0.2, 0.25) is 0 Å². The van der Waals surface area contributed by atoms with Crippen LogP contribution >= 0.6 is 0 Å². The smallest absolute Gasteiger partial charge is 0.407 e. The van der Waals surface area contributed by atoms with Gasteiger partial charge in [-0.05, 0) is 18.4 Å². The van der Waals surface area contributed by atoms with Crippen LogP contribution in [0, 0.1) is 0 Å². The molecule has 0 aliphatic carbocycles. The summed E-state index contributed by atoms with van der Waals surface area (Å²) in [5.74, 6) is -0.430. The first-order valence-corrected chi connectivity index (χ1v) is 9.46. The van der Waals surface area contributed by atoms with E-state index in [0.717, 1.165) is 5.56 Å². The molecule has 1 aliphatic heterocycles. The summed E-state index contributed by atoms with van der Waals surface area (Å²) < 4.78 is 10.3. The maximum Gasteiger partial charge on any atom is 0.407 e. The van der Waals surface area contributed by atoms with E-state index in [0.29, 0.717) is 19.4 Å².